The molecule has 0 radical (unpaired) electrons. The highest BCUT2D eigenvalue weighted by Crippen LogP contribution is 2.54. The first kappa shape index (κ1) is 29.5. The van der Waals surface area contributed by atoms with Crippen molar-refractivity contribution in [2.24, 2.45) is 23.1 Å². The summed E-state index contributed by atoms with van der Waals surface area (Å²) in [6.07, 6.45) is -0.250. The van der Waals surface area contributed by atoms with E-state index in [-0.39, 0.29) is 36.7 Å². The average Bonchev–Trinajstić information content (AvgIpc) is 2.81. The summed E-state index contributed by atoms with van der Waals surface area (Å²) >= 11 is 0. The smallest absolute Gasteiger partial charge is 0.255 e. The maximum Gasteiger partial charge on any atom is 0.255 e. The molecule has 1 amide bonds. The molecule has 0 saturated heterocycles. The van der Waals surface area contributed by atoms with Gasteiger partial charge in [0.1, 0.15) is 22.8 Å². The maximum atomic E-state index is 14.1. The molecule has 2 unspecified atom stereocenters. The van der Waals surface area contributed by atoms with Gasteiger partial charge in [-0.15, -0.1) is 0 Å². The van der Waals surface area contributed by atoms with Gasteiger partial charge in [-0.2, -0.15) is 0 Å². The molecule has 0 saturated carbocycles. The monoisotopic (exact) mass is 558 g/mol. The van der Waals surface area contributed by atoms with Crippen molar-refractivity contribution in [2.75, 3.05) is 39.6 Å². The number of primary amides is 1. The number of phenols is 1. The number of carbonyl (C=O) groups excluding carboxylic acids is 3. The summed E-state index contributed by atoms with van der Waals surface area (Å²) in [7, 11) is 6.66. The SMILES string of the molecule is CC(N)CNCc1cc(N(C)C)c2c(c1O)C(=O)C1=C(O)[C@]3(O)C(=O)C(C(N)=O)=C(O)C(N(C)C)[C@@H]3C[C@]1(N)C2. The minimum absolute atomic E-state index is 0.0316. The van der Waals surface area contributed by atoms with Gasteiger partial charge in [-0.3, -0.25) is 19.3 Å². The molecular weight excluding hydrogens is 520 g/mol. The Bertz CT molecular complexity index is 1370. The van der Waals surface area contributed by atoms with Gasteiger partial charge in [0.25, 0.3) is 5.91 Å². The lowest BCUT2D eigenvalue weighted by molar-refractivity contribution is -0.148. The number of aromatic hydroxyl groups is 1. The van der Waals surface area contributed by atoms with Gasteiger partial charge in [-0.1, -0.05) is 0 Å². The number of ketones is 2. The summed E-state index contributed by atoms with van der Waals surface area (Å²) in [5.41, 5.74) is 13.7. The lowest BCUT2D eigenvalue weighted by Crippen LogP contribution is -2.68. The maximum absolute atomic E-state index is 14.1. The number of benzene rings is 1. The largest absolute Gasteiger partial charge is 0.510 e. The Labute approximate surface area is 231 Å². The first-order valence-corrected chi connectivity index (χ1v) is 12.9. The molecule has 1 aromatic carbocycles. The van der Waals surface area contributed by atoms with E-state index in [1.165, 1.54) is 4.90 Å². The van der Waals surface area contributed by atoms with E-state index < -0.39 is 63.2 Å². The molecule has 11 N–H and O–H groups in total. The van der Waals surface area contributed by atoms with Gasteiger partial charge in [-0.25, -0.2) is 0 Å². The number of rotatable bonds is 7. The number of fused-ring (bicyclic) bond motifs is 3. The minimum Gasteiger partial charge on any atom is -0.510 e. The molecule has 0 fully saturated rings. The van der Waals surface area contributed by atoms with Crippen LogP contribution in [0.15, 0.2) is 28.7 Å². The van der Waals surface area contributed by atoms with Crippen LogP contribution in [0, 0.1) is 5.92 Å². The van der Waals surface area contributed by atoms with Gasteiger partial charge in [0.05, 0.1) is 22.7 Å². The van der Waals surface area contributed by atoms with E-state index >= 15 is 0 Å². The number of hydrogen-bond donors (Lipinski definition) is 8. The quantitative estimate of drug-likeness (QED) is 0.183. The van der Waals surface area contributed by atoms with Crippen molar-refractivity contribution in [2.45, 2.75) is 49.5 Å². The average molecular weight is 559 g/mol. The van der Waals surface area contributed by atoms with E-state index in [2.05, 4.69) is 5.32 Å². The standard InChI is InChI=1S/C27H38N6O7/c1-11(28)9-31-10-12-6-15(32(2)3)13-7-26(30)8-14-19(33(4)5)22(36)17(25(29)39)23(37)27(14,40)24(38)18(26)21(35)16(13)20(12)34/h6,11,14,19,31,34,36,38,40H,7-10,28,30H2,1-5H3,(H2,29,39)/t11?,14-,19?,26+,27+/m0/s1. The van der Waals surface area contributed by atoms with Gasteiger partial charge < -0.3 is 47.8 Å². The second kappa shape index (κ2) is 9.85. The molecule has 3 aliphatic rings. The van der Waals surface area contributed by atoms with Crippen LogP contribution in [0.5, 0.6) is 5.75 Å². The number of nitrogens with one attached hydrogen (secondary N) is 1. The van der Waals surface area contributed by atoms with Crippen LogP contribution in [0.2, 0.25) is 0 Å². The second-order valence-corrected chi connectivity index (χ2v) is 11.6. The molecule has 3 aliphatic carbocycles. The zero-order chi connectivity index (χ0) is 30.1. The highest BCUT2D eigenvalue weighted by atomic mass is 16.3. The molecule has 1 aromatic rings. The van der Waals surface area contributed by atoms with E-state index in [4.69, 9.17) is 17.2 Å². The number of aliphatic hydroxyl groups excluding tert-OH is 2. The molecule has 5 atom stereocenters. The number of phenolic OH excluding ortho intramolecular Hbond substituents is 1. The predicted octanol–water partition coefficient (Wildman–Crippen LogP) is -1.30. The van der Waals surface area contributed by atoms with Gasteiger partial charge in [0.15, 0.2) is 11.4 Å². The Morgan fingerprint density at radius 3 is 2.35 bits per heavy atom. The van der Waals surface area contributed by atoms with Crippen molar-refractivity contribution < 1.29 is 34.8 Å². The van der Waals surface area contributed by atoms with E-state index in [0.29, 0.717) is 23.4 Å². The van der Waals surface area contributed by atoms with Crippen molar-refractivity contribution in [3.8, 4) is 5.75 Å². The van der Waals surface area contributed by atoms with Crippen LogP contribution < -0.4 is 27.4 Å². The van der Waals surface area contributed by atoms with Gasteiger partial charge in [0, 0.05) is 50.4 Å². The predicted molar refractivity (Wildman–Crippen MR) is 147 cm³/mol. The van der Waals surface area contributed by atoms with Crippen molar-refractivity contribution in [3.05, 3.63) is 45.4 Å². The Morgan fingerprint density at radius 2 is 1.82 bits per heavy atom. The van der Waals surface area contributed by atoms with Crippen molar-refractivity contribution in [1.82, 2.24) is 10.2 Å². The summed E-state index contributed by atoms with van der Waals surface area (Å²) in [5, 5.41) is 48.6. The molecule has 218 valence electrons. The molecule has 0 bridgehead atoms. The Morgan fingerprint density at radius 1 is 1.20 bits per heavy atom. The molecular formula is C27H38N6O7. The number of carbonyl (C=O) groups is 3. The van der Waals surface area contributed by atoms with Gasteiger partial charge >= 0.3 is 0 Å². The van der Waals surface area contributed by atoms with Crippen molar-refractivity contribution >= 4 is 23.2 Å². The summed E-state index contributed by atoms with van der Waals surface area (Å²) in [6, 6.07) is 0.460. The minimum atomic E-state index is -2.77. The molecule has 40 heavy (non-hydrogen) atoms. The molecule has 0 aliphatic heterocycles. The first-order chi connectivity index (χ1) is 18.5. The fourth-order valence-corrected chi connectivity index (χ4v) is 6.43. The zero-order valence-corrected chi connectivity index (χ0v) is 23.3. The first-order valence-electron chi connectivity index (χ1n) is 12.9. The molecule has 13 heteroatoms. The number of aliphatic hydroxyl groups is 3. The zero-order valence-electron chi connectivity index (χ0n) is 23.3. The summed E-state index contributed by atoms with van der Waals surface area (Å²) in [6.45, 7) is 2.46. The summed E-state index contributed by atoms with van der Waals surface area (Å²) in [4.78, 5) is 43.0. The summed E-state index contributed by atoms with van der Waals surface area (Å²) in [5.74, 6) is -6.68. The molecule has 0 heterocycles. The van der Waals surface area contributed by atoms with Gasteiger partial charge in [0.2, 0.25) is 5.78 Å². The van der Waals surface area contributed by atoms with Crippen LogP contribution in [0.25, 0.3) is 0 Å². The van der Waals surface area contributed by atoms with Gasteiger partial charge in [-0.05, 0) is 45.5 Å². The number of nitrogens with two attached hydrogens (primary N) is 3. The van der Waals surface area contributed by atoms with Crippen LogP contribution in [0.4, 0.5) is 5.69 Å². The normalized spacial score (nSPS) is 28.8. The van der Waals surface area contributed by atoms with Crippen LogP contribution in [-0.2, 0) is 22.6 Å². The molecule has 13 nitrogen and oxygen atoms in total. The lowest BCUT2D eigenvalue weighted by Gasteiger charge is -2.53. The van der Waals surface area contributed by atoms with Crippen molar-refractivity contribution in [3.63, 3.8) is 0 Å². The number of anilines is 1. The van der Waals surface area contributed by atoms with Crippen LogP contribution in [0.1, 0.15) is 34.8 Å². The Balaban J connectivity index is 1.96. The number of amides is 1. The highest BCUT2D eigenvalue weighted by molar-refractivity contribution is 6.25. The van der Waals surface area contributed by atoms with E-state index in [1.54, 1.807) is 39.2 Å². The van der Waals surface area contributed by atoms with Crippen LogP contribution in [0.3, 0.4) is 0 Å². The molecule has 0 spiro atoms. The van der Waals surface area contributed by atoms with E-state index in [0.717, 1.165) is 0 Å². The third kappa shape index (κ3) is 4.16. The van der Waals surface area contributed by atoms with E-state index in [1.807, 2.05) is 6.92 Å². The number of hydrogen-bond acceptors (Lipinski definition) is 12. The molecule has 0 aromatic heterocycles. The Hall–Kier alpha value is -3.49. The Kier molecular flexibility index (Phi) is 7.27. The third-order valence-electron chi connectivity index (χ3n) is 8.18. The fraction of sp³-hybridized carbons (Fsp3) is 0.519. The van der Waals surface area contributed by atoms with E-state index in [9.17, 15) is 34.8 Å². The lowest BCUT2D eigenvalue weighted by atomic mass is 9.56. The number of nitrogens with zero attached hydrogens (tertiary/aromatic N) is 2. The number of likely N-dealkylation sites (N-methyl/N-ethyl adjacent to an activating group) is 1. The summed E-state index contributed by atoms with van der Waals surface area (Å²) < 4.78 is 0. The van der Waals surface area contributed by atoms with Crippen LogP contribution in [-0.4, -0.2) is 101 Å². The fourth-order valence-electron chi connectivity index (χ4n) is 6.43. The number of Topliss-reactive ketones (excluding diaryl/α,β-unsaturated/α-hetero) is 2. The second-order valence-electron chi connectivity index (χ2n) is 11.6. The third-order valence-corrected chi connectivity index (χ3v) is 8.18. The topological polar surface area (TPSA) is 229 Å². The molecule has 4 rings (SSSR count). The van der Waals surface area contributed by atoms with Crippen LogP contribution >= 0.6 is 0 Å². The highest BCUT2D eigenvalue weighted by Gasteiger charge is 2.66. The van der Waals surface area contributed by atoms with Crippen molar-refractivity contribution in [1.29, 1.82) is 0 Å².